The van der Waals surface area contributed by atoms with Gasteiger partial charge >= 0.3 is 0 Å². The lowest BCUT2D eigenvalue weighted by Gasteiger charge is -2.28. The molecule has 0 aliphatic heterocycles. The lowest BCUT2D eigenvalue weighted by Crippen LogP contribution is -2.37. The molecule has 0 heterocycles. The van der Waals surface area contributed by atoms with E-state index in [0.29, 0.717) is 12.8 Å². The summed E-state index contributed by atoms with van der Waals surface area (Å²) in [5.74, 6) is 0.0399. The van der Waals surface area contributed by atoms with Crippen LogP contribution < -0.4 is 0 Å². The summed E-state index contributed by atoms with van der Waals surface area (Å²) in [6, 6.07) is 10.00. The fourth-order valence-electron chi connectivity index (χ4n) is 1.89. The first-order valence-corrected chi connectivity index (χ1v) is 6.34. The van der Waals surface area contributed by atoms with Gasteiger partial charge in [0.05, 0.1) is 6.10 Å². The monoisotopic (exact) mass is 246 g/mol. The van der Waals surface area contributed by atoms with Crippen LogP contribution in [0.4, 0.5) is 0 Å². The zero-order valence-corrected chi connectivity index (χ0v) is 11.2. The highest BCUT2D eigenvalue weighted by molar-refractivity contribution is 5.85. The van der Waals surface area contributed by atoms with E-state index in [4.69, 9.17) is 0 Å². The van der Waals surface area contributed by atoms with Crippen LogP contribution in [0.5, 0.6) is 0 Å². The Balaban J connectivity index is 2.56. The minimum Gasteiger partial charge on any atom is -0.392 e. The predicted molar refractivity (Wildman–Crippen MR) is 74.4 cm³/mol. The van der Waals surface area contributed by atoms with Crippen LogP contribution in [0.3, 0.4) is 0 Å². The van der Waals surface area contributed by atoms with Crippen LogP contribution in [-0.4, -0.2) is 17.0 Å². The molecule has 0 saturated carbocycles. The van der Waals surface area contributed by atoms with Crippen molar-refractivity contribution in [3.63, 3.8) is 0 Å². The number of hydrogen-bond donors (Lipinski definition) is 1. The first kappa shape index (κ1) is 14.7. The van der Waals surface area contributed by atoms with Crippen molar-refractivity contribution in [3.8, 4) is 0 Å². The van der Waals surface area contributed by atoms with E-state index in [1.54, 1.807) is 19.9 Å². The number of Topliss-reactive ketones (excluding diaryl/α,β-unsaturated/α-hetero) is 1. The van der Waals surface area contributed by atoms with Gasteiger partial charge in [0, 0.05) is 11.8 Å². The Morgan fingerprint density at radius 2 is 2.00 bits per heavy atom. The molecule has 98 valence electrons. The Bertz CT molecular complexity index is 393. The van der Waals surface area contributed by atoms with Crippen LogP contribution in [-0.2, 0) is 11.2 Å². The van der Waals surface area contributed by atoms with Crippen molar-refractivity contribution in [1.82, 2.24) is 0 Å². The van der Waals surface area contributed by atoms with Crippen molar-refractivity contribution in [2.45, 2.75) is 39.2 Å². The number of aliphatic hydroxyl groups is 1. The molecule has 1 unspecified atom stereocenters. The fourth-order valence-corrected chi connectivity index (χ4v) is 1.89. The molecule has 0 aliphatic rings. The lowest BCUT2D eigenvalue weighted by molar-refractivity contribution is -0.132. The van der Waals surface area contributed by atoms with Gasteiger partial charge in [0.1, 0.15) is 5.78 Å². The topological polar surface area (TPSA) is 37.3 Å². The molecule has 0 amide bonds. The Labute approximate surface area is 109 Å². The van der Waals surface area contributed by atoms with Gasteiger partial charge < -0.3 is 5.11 Å². The number of rotatable bonds is 7. The summed E-state index contributed by atoms with van der Waals surface area (Å²) >= 11 is 0. The van der Waals surface area contributed by atoms with Gasteiger partial charge in [-0.2, -0.15) is 0 Å². The van der Waals surface area contributed by atoms with Gasteiger partial charge in [-0.05, 0) is 18.4 Å². The molecule has 1 N–H and O–H groups in total. The van der Waals surface area contributed by atoms with Crippen LogP contribution in [0.2, 0.25) is 0 Å². The van der Waals surface area contributed by atoms with E-state index in [0.717, 1.165) is 6.42 Å². The number of aliphatic hydroxyl groups excluding tert-OH is 1. The van der Waals surface area contributed by atoms with Gasteiger partial charge in [-0.25, -0.2) is 0 Å². The van der Waals surface area contributed by atoms with Crippen LogP contribution >= 0.6 is 0 Å². The molecule has 2 heteroatoms. The average Bonchev–Trinajstić information content (AvgIpc) is 2.37. The van der Waals surface area contributed by atoms with E-state index in [1.807, 2.05) is 30.3 Å². The maximum atomic E-state index is 11.9. The smallest absolute Gasteiger partial charge is 0.144 e. The Hall–Kier alpha value is -1.41. The molecule has 0 bridgehead atoms. The molecule has 0 aromatic heterocycles. The highest BCUT2D eigenvalue weighted by atomic mass is 16.3. The van der Waals surface area contributed by atoms with Gasteiger partial charge in [-0.1, -0.05) is 50.3 Å². The molecule has 1 aromatic rings. The van der Waals surface area contributed by atoms with Crippen LogP contribution in [0.15, 0.2) is 43.0 Å². The molecule has 1 atom stereocenters. The molecule has 2 nitrogen and oxygen atoms in total. The second-order valence-corrected chi connectivity index (χ2v) is 5.18. The number of allylic oxidation sites excluding steroid dienone is 1. The number of hydrogen-bond acceptors (Lipinski definition) is 2. The number of carbonyl (C=O) groups is 1. The molecule has 1 rings (SSSR count). The predicted octanol–water partition coefficient (Wildman–Crippen LogP) is 3.15. The maximum Gasteiger partial charge on any atom is 0.144 e. The average molecular weight is 246 g/mol. The van der Waals surface area contributed by atoms with Gasteiger partial charge in [0.15, 0.2) is 0 Å². The van der Waals surface area contributed by atoms with Crippen LogP contribution in [0.25, 0.3) is 0 Å². The third-order valence-electron chi connectivity index (χ3n) is 3.43. The molecule has 1 aromatic carbocycles. The molecule has 0 aliphatic carbocycles. The van der Waals surface area contributed by atoms with Crippen molar-refractivity contribution in [1.29, 1.82) is 0 Å². The second kappa shape index (κ2) is 6.50. The van der Waals surface area contributed by atoms with Gasteiger partial charge in [-0.3, -0.25) is 4.79 Å². The Morgan fingerprint density at radius 1 is 1.39 bits per heavy atom. The van der Waals surface area contributed by atoms with Crippen molar-refractivity contribution in [3.05, 3.63) is 48.6 Å². The zero-order valence-electron chi connectivity index (χ0n) is 11.2. The van der Waals surface area contributed by atoms with E-state index >= 15 is 0 Å². The number of ketones is 1. The minimum absolute atomic E-state index is 0.0399. The summed E-state index contributed by atoms with van der Waals surface area (Å²) in [6.07, 6.45) is 2.67. The van der Waals surface area contributed by atoms with Crippen LogP contribution in [0.1, 0.15) is 32.3 Å². The summed E-state index contributed by atoms with van der Waals surface area (Å²) in [5.41, 5.74) is 0.478. The maximum absolute atomic E-state index is 11.9. The second-order valence-electron chi connectivity index (χ2n) is 5.18. The summed E-state index contributed by atoms with van der Waals surface area (Å²) < 4.78 is 0. The summed E-state index contributed by atoms with van der Waals surface area (Å²) in [6.45, 7) is 7.16. The normalized spacial score (nSPS) is 13.1. The van der Waals surface area contributed by atoms with E-state index in [9.17, 15) is 9.90 Å². The molecule has 0 saturated heterocycles. The van der Waals surface area contributed by atoms with Crippen molar-refractivity contribution in [2.24, 2.45) is 5.41 Å². The van der Waals surface area contributed by atoms with Gasteiger partial charge in [-0.15, -0.1) is 6.58 Å². The van der Waals surface area contributed by atoms with E-state index in [-0.39, 0.29) is 5.78 Å². The van der Waals surface area contributed by atoms with Crippen LogP contribution in [0, 0.1) is 5.41 Å². The van der Waals surface area contributed by atoms with Gasteiger partial charge in [0.2, 0.25) is 0 Å². The molecular formula is C16H22O2. The van der Waals surface area contributed by atoms with Crippen molar-refractivity contribution in [2.75, 3.05) is 0 Å². The summed E-state index contributed by atoms with van der Waals surface area (Å²) in [4.78, 5) is 11.9. The Morgan fingerprint density at radius 3 is 2.56 bits per heavy atom. The minimum atomic E-state index is -0.705. The third-order valence-corrected chi connectivity index (χ3v) is 3.43. The van der Waals surface area contributed by atoms with Crippen molar-refractivity contribution < 1.29 is 9.90 Å². The first-order valence-electron chi connectivity index (χ1n) is 6.34. The highest BCUT2D eigenvalue weighted by Crippen LogP contribution is 2.27. The fraction of sp³-hybridized carbons (Fsp3) is 0.438. The molecular weight excluding hydrogens is 224 g/mol. The third kappa shape index (κ3) is 3.81. The standard InChI is InChI=1S/C16H22O2/c1-4-8-14(17)16(2,3)15(18)12-11-13-9-6-5-7-10-13/h4-7,9-10,15,18H,1,8,11-12H2,2-3H3. The highest BCUT2D eigenvalue weighted by Gasteiger charge is 2.33. The summed E-state index contributed by atoms with van der Waals surface area (Å²) in [7, 11) is 0. The summed E-state index contributed by atoms with van der Waals surface area (Å²) in [5, 5.41) is 10.2. The largest absolute Gasteiger partial charge is 0.392 e. The van der Waals surface area contributed by atoms with E-state index in [1.165, 1.54) is 5.56 Å². The SMILES string of the molecule is C=CCC(=O)C(C)(C)C(O)CCc1ccccc1. The lowest BCUT2D eigenvalue weighted by atomic mass is 9.78. The van der Waals surface area contributed by atoms with E-state index < -0.39 is 11.5 Å². The molecule has 18 heavy (non-hydrogen) atoms. The van der Waals surface area contributed by atoms with Gasteiger partial charge in [0.25, 0.3) is 0 Å². The molecule has 0 fully saturated rings. The molecule has 0 spiro atoms. The quantitative estimate of drug-likeness (QED) is 0.750. The molecule has 0 radical (unpaired) electrons. The number of benzene rings is 1. The first-order chi connectivity index (χ1) is 8.48. The number of carbonyl (C=O) groups excluding carboxylic acids is 1. The number of aryl methyl sites for hydroxylation is 1. The van der Waals surface area contributed by atoms with Crippen molar-refractivity contribution >= 4 is 5.78 Å². The Kier molecular flexibility index (Phi) is 5.29. The van der Waals surface area contributed by atoms with E-state index in [2.05, 4.69) is 6.58 Å². The zero-order chi connectivity index (χ0) is 13.6.